The van der Waals surface area contributed by atoms with Crippen LogP contribution in [-0.2, 0) is 16.1 Å². The Morgan fingerprint density at radius 2 is 2.10 bits per heavy atom. The zero-order valence-electron chi connectivity index (χ0n) is 13.1. The Hall–Kier alpha value is -1.43. The number of rotatable bonds is 4. The molecule has 1 aromatic carbocycles. The lowest BCUT2D eigenvalue weighted by molar-refractivity contribution is -0.122. The molecular weight excluding hydrogens is 266 g/mol. The summed E-state index contributed by atoms with van der Waals surface area (Å²) in [5, 5.41) is 0. The number of nitrogens with one attached hydrogen (secondary N) is 1. The monoisotopic (exact) mass is 291 g/mol. The molecule has 1 amide bonds. The van der Waals surface area contributed by atoms with E-state index in [1.807, 2.05) is 19.1 Å². The van der Waals surface area contributed by atoms with Crippen molar-refractivity contribution in [3.63, 3.8) is 0 Å². The molecule has 3 N–H and O–H groups in total. The van der Waals surface area contributed by atoms with E-state index in [0.717, 1.165) is 31.8 Å². The van der Waals surface area contributed by atoms with Crippen LogP contribution < -0.4 is 11.3 Å². The zero-order chi connectivity index (χ0) is 15.5. The summed E-state index contributed by atoms with van der Waals surface area (Å²) >= 11 is 0. The number of amides is 1. The van der Waals surface area contributed by atoms with Crippen LogP contribution >= 0.6 is 0 Å². The van der Waals surface area contributed by atoms with Gasteiger partial charge in [0, 0.05) is 19.6 Å². The number of nitrogens with two attached hydrogens (primary N) is 1. The molecule has 1 aromatic rings. The maximum atomic E-state index is 11.5. The second-order valence-electron chi connectivity index (χ2n) is 6.29. The largest absolute Gasteiger partial charge is 0.373 e. The second kappa shape index (κ2) is 6.56. The fourth-order valence-corrected chi connectivity index (χ4v) is 2.70. The molecule has 1 atom stereocenters. The van der Waals surface area contributed by atoms with E-state index in [9.17, 15) is 4.79 Å². The predicted molar refractivity (Wildman–Crippen MR) is 82.5 cm³/mol. The molecule has 0 bridgehead atoms. The van der Waals surface area contributed by atoms with Crippen molar-refractivity contribution in [2.45, 2.75) is 38.8 Å². The number of morpholine rings is 1. The average Bonchev–Trinajstić information content (AvgIpc) is 2.45. The maximum absolute atomic E-state index is 11.5. The average molecular weight is 291 g/mol. The van der Waals surface area contributed by atoms with Crippen molar-refractivity contribution >= 4 is 5.91 Å². The molecule has 0 aromatic heterocycles. The van der Waals surface area contributed by atoms with Gasteiger partial charge in [-0.3, -0.25) is 15.1 Å². The summed E-state index contributed by atoms with van der Waals surface area (Å²) in [7, 11) is 0. The van der Waals surface area contributed by atoms with E-state index in [2.05, 4.69) is 36.3 Å². The minimum absolute atomic E-state index is 0.0775. The van der Waals surface area contributed by atoms with Gasteiger partial charge >= 0.3 is 0 Å². The van der Waals surface area contributed by atoms with Gasteiger partial charge in [-0.2, -0.15) is 0 Å². The second-order valence-corrected chi connectivity index (χ2v) is 6.29. The van der Waals surface area contributed by atoms with Crippen molar-refractivity contribution in [3.05, 3.63) is 35.4 Å². The third-order valence-electron chi connectivity index (χ3n) is 3.93. The van der Waals surface area contributed by atoms with E-state index in [-0.39, 0.29) is 17.4 Å². The van der Waals surface area contributed by atoms with Crippen LogP contribution in [0.1, 0.15) is 37.8 Å². The zero-order valence-corrected chi connectivity index (χ0v) is 13.1. The number of nitrogens with zero attached hydrogens (tertiary/aromatic N) is 1. The van der Waals surface area contributed by atoms with Crippen LogP contribution in [0.3, 0.4) is 0 Å². The quantitative estimate of drug-likeness (QED) is 0.500. The first-order valence-corrected chi connectivity index (χ1v) is 7.37. The van der Waals surface area contributed by atoms with Gasteiger partial charge in [0.15, 0.2) is 0 Å². The van der Waals surface area contributed by atoms with Gasteiger partial charge in [0.1, 0.15) is 0 Å². The highest BCUT2D eigenvalue weighted by molar-refractivity contribution is 5.82. The van der Waals surface area contributed by atoms with Crippen LogP contribution in [0.2, 0.25) is 0 Å². The molecule has 0 radical (unpaired) electrons. The highest BCUT2D eigenvalue weighted by Gasteiger charge is 2.27. The summed E-state index contributed by atoms with van der Waals surface area (Å²) in [5.41, 5.74) is 4.34. The predicted octanol–water partition coefficient (Wildman–Crippen LogP) is 1.39. The van der Waals surface area contributed by atoms with Crippen LogP contribution in [0.25, 0.3) is 0 Å². The Morgan fingerprint density at radius 1 is 1.43 bits per heavy atom. The minimum Gasteiger partial charge on any atom is -0.373 e. The van der Waals surface area contributed by atoms with Crippen molar-refractivity contribution in [3.8, 4) is 0 Å². The van der Waals surface area contributed by atoms with Gasteiger partial charge < -0.3 is 4.74 Å². The maximum Gasteiger partial charge on any atom is 0.241 e. The van der Waals surface area contributed by atoms with Gasteiger partial charge in [-0.25, -0.2) is 5.84 Å². The third-order valence-corrected chi connectivity index (χ3v) is 3.93. The third kappa shape index (κ3) is 4.27. The van der Waals surface area contributed by atoms with E-state index in [1.165, 1.54) is 5.56 Å². The number of benzene rings is 1. The smallest absolute Gasteiger partial charge is 0.241 e. The first kappa shape index (κ1) is 15.9. The van der Waals surface area contributed by atoms with Gasteiger partial charge in [0.05, 0.1) is 18.1 Å². The topological polar surface area (TPSA) is 67.6 Å². The molecule has 1 aliphatic rings. The molecule has 1 heterocycles. The van der Waals surface area contributed by atoms with Gasteiger partial charge in [-0.1, -0.05) is 24.3 Å². The lowest BCUT2D eigenvalue weighted by Crippen LogP contribution is -2.47. The number of carbonyl (C=O) groups excluding carboxylic acids is 1. The van der Waals surface area contributed by atoms with Crippen molar-refractivity contribution in [2.24, 2.45) is 5.84 Å². The number of hydrogen-bond acceptors (Lipinski definition) is 4. The minimum atomic E-state index is -0.230. The Kier molecular flexibility index (Phi) is 4.98. The summed E-state index contributed by atoms with van der Waals surface area (Å²) < 4.78 is 5.72. The van der Waals surface area contributed by atoms with Crippen molar-refractivity contribution < 1.29 is 9.53 Å². The van der Waals surface area contributed by atoms with Crippen molar-refractivity contribution in [2.75, 3.05) is 19.7 Å². The Balaban J connectivity index is 1.98. The number of ether oxygens (including phenoxy) is 1. The van der Waals surface area contributed by atoms with E-state index in [0.29, 0.717) is 0 Å². The molecule has 0 spiro atoms. The van der Waals surface area contributed by atoms with Crippen LogP contribution in [0, 0.1) is 0 Å². The lowest BCUT2D eigenvalue weighted by atomic mass is 9.99. The Morgan fingerprint density at radius 3 is 2.67 bits per heavy atom. The standard InChI is InChI=1S/C16H25N3O2/c1-12(15(20)18-17)14-6-4-13(5-7-14)10-19-8-9-21-16(2,3)11-19/h4-7,12H,8-11,17H2,1-3H3,(H,18,20). The van der Waals surface area contributed by atoms with Crippen LogP contribution in [-0.4, -0.2) is 36.1 Å². The van der Waals surface area contributed by atoms with Crippen molar-refractivity contribution in [1.82, 2.24) is 10.3 Å². The fourth-order valence-electron chi connectivity index (χ4n) is 2.70. The molecule has 1 unspecified atom stereocenters. The van der Waals surface area contributed by atoms with E-state index in [1.54, 1.807) is 0 Å². The summed E-state index contributed by atoms with van der Waals surface area (Å²) in [5.74, 6) is 4.77. The molecule has 5 heteroatoms. The first-order valence-electron chi connectivity index (χ1n) is 7.37. The number of carbonyl (C=O) groups is 1. The molecular formula is C16H25N3O2. The molecule has 0 saturated carbocycles. The highest BCUT2D eigenvalue weighted by Crippen LogP contribution is 2.20. The Labute approximate surface area is 126 Å². The van der Waals surface area contributed by atoms with Gasteiger partial charge in [0.2, 0.25) is 5.91 Å². The summed E-state index contributed by atoms with van der Waals surface area (Å²) in [6.07, 6.45) is 0. The van der Waals surface area contributed by atoms with Crippen LogP contribution in [0.15, 0.2) is 24.3 Å². The molecule has 21 heavy (non-hydrogen) atoms. The molecule has 2 rings (SSSR count). The van der Waals surface area contributed by atoms with Gasteiger partial charge in [-0.05, 0) is 31.9 Å². The van der Waals surface area contributed by atoms with E-state index in [4.69, 9.17) is 10.6 Å². The van der Waals surface area contributed by atoms with E-state index < -0.39 is 0 Å². The first-order chi connectivity index (χ1) is 9.91. The number of hydrogen-bond donors (Lipinski definition) is 2. The highest BCUT2D eigenvalue weighted by atomic mass is 16.5. The number of hydrazine groups is 1. The normalized spacial score (nSPS) is 20.0. The van der Waals surface area contributed by atoms with Gasteiger partial charge in [0.25, 0.3) is 0 Å². The molecule has 5 nitrogen and oxygen atoms in total. The summed E-state index contributed by atoms with van der Waals surface area (Å²) in [4.78, 5) is 13.9. The SMILES string of the molecule is CC(C(=O)NN)c1ccc(CN2CCOC(C)(C)C2)cc1. The molecule has 1 fully saturated rings. The molecule has 1 saturated heterocycles. The van der Waals surface area contributed by atoms with E-state index >= 15 is 0 Å². The molecule has 0 aliphatic carbocycles. The summed E-state index contributed by atoms with van der Waals surface area (Å²) in [6.45, 7) is 9.66. The molecule has 1 aliphatic heterocycles. The van der Waals surface area contributed by atoms with Crippen LogP contribution in [0.4, 0.5) is 0 Å². The molecule has 116 valence electrons. The lowest BCUT2D eigenvalue weighted by Gasteiger charge is -2.38. The summed E-state index contributed by atoms with van der Waals surface area (Å²) in [6, 6.07) is 8.16. The van der Waals surface area contributed by atoms with Gasteiger partial charge in [-0.15, -0.1) is 0 Å². The fraction of sp³-hybridized carbons (Fsp3) is 0.562. The van der Waals surface area contributed by atoms with Crippen LogP contribution in [0.5, 0.6) is 0 Å². The Bertz CT molecular complexity index is 485. The van der Waals surface area contributed by atoms with Crippen molar-refractivity contribution in [1.29, 1.82) is 0 Å².